The lowest BCUT2D eigenvalue weighted by atomic mass is 9.89. The second-order valence-electron chi connectivity index (χ2n) is 7.04. The molecular weight excluding hydrogens is 359 g/mol. The van der Waals surface area contributed by atoms with Crippen molar-refractivity contribution in [2.45, 2.75) is 18.8 Å². The number of fused-ring (bicyclic) bond motifs is 1. The number of benzene rings is 2. The van der Waals surface area contributed by atoms with Crippen molar-refractivity contribution in [1.29, 1.82) is 0 Å². The zero-order chi connectivity index (χ0) is 19.7. The summed E-state index contributed by atoms with van der Waals surface area (Å²) in [5, 5.41) is 1.05. The number of methoxy groups -OCH3 is 2. The highest BCUT2D eigenvalue weighted by Gasteiger charge is 2.29. The van der Waals surface area contributed by atoms with E-state index in [1.807, 2.05) is 17.2 Å². The smallest absolute Gasteiger partial charge is 0.261 e. The predicted octanol–water partition coefficient (Wildman–Crippen LogP) is 4.34. The Bertz CT molecular complexity index is 984. The predicted molar refractivity (Wildman–Crippen MR) is 106 cm³/mol. The summed E-state index contributed by atoms with van der Waals surface area (Å²) in [5.74, 6) is 1.05. The fraction of sp³-hybridized carbons (Fsp3) is 0.318. The molecule has 1 aromatic heterocycles. The van der Waals surface area contributed by atoms with Crippen LogP contribution < -0.4 is 9.47 Å². The van der Waals surface area contributed by atoms with Gasteiger partial charge in [-0.15, -0.1) is 0 Å². The highest BCUT2D eigenvalue weighted by atomic mass is 19.1. The second kappa shape index (κ2) is 7.54. The average molecular weight is 382 g/mol. The molecule has 4 rings (SSSR count). The Morgan fingerprint density at radius 3 is 2.43 bits per heavy atom. The van der Waals surface area contributed by atoms with Crippen molar-refractivity contribution < 1.29 is 18.7 Å². The number of amides is 1. The molecular formula is C22H23FN2O3. The Kier molecular flexibility index (Phi) is 4.94. The zero-order valence-corrected chi connectivity index (χ0v) is 16.0. The molecule has 146 valence electrons. The number of rotatable bonds is 4. The highest BCUT2D eigenvalue weighted by Crippen LogP contribution is 2.35. The van der Waals surface area contributed by atoms with Gasteiger partial charge in [0.05, 0.1) is 14.2 Å². The van der Waals surface area contributed by atoms with Gasteiger partial charge < -0.3 is 19.4 Å². The molecule has 0 aliphatic carbocycles. The summed E-state index contributed by atoms with van der Waals surface area (Å²) < 4.78 is 24.2. The van der Waals surface area contributed by atoms with Gasteiger partial charge >= 0.3 is 0 Å². The maximum absolute atomic E-state index is 13.4. The summed E-state index contributed by atoms with van der Waals surface area (Å²) in [6.07, 6.45) is 3.68. The number of H-pyrrole nitrogens is 1. The molecule has 0 bridgehead atoms. The van der Waals surface area contributed by atoms with Gasteiger partial charge in [-0.2, -0.15) is 0 Å². The molecule has 2 heterocycles. The molecule has 1 aliphatic rings. The fourth-order valence-corrected chi connectivity index (χ4v) is 4.07. The first kappa shape index (κ1) is 18.3. The van der Waals surface area contributed by atoms with Crippen LogP contribution >= 0.6 is 0 Å². The molecule has 6 heteroatoms. The highest BCUT2D eigenvalue weighted by molar-refractivity contribution is 5.99. The number of nitrogens with zero attached hydrogens (tertiary/aromatic N) is 1. The van der Waals surface area contributed by atoms with Crippen LogP contribution in [-0.2, 0) is 0 Å². The van der Waals surface area contributed by atoms with Crippen molar-refractivity contribution >= 4 is 16.8 Å². The van der Waals surface area contributed by atoms with Crippen LogP contribution in [0, 0.1) is 5.82 Å². The summed E-state index contributed by atoms with van der Waals surface area (Å²) in [4.78, 5) is 18.1. The summed E-state index contributed by atoms with van der Waals surface area (Å²) in [5.41, 5.74) is 2.47. The van der Waals surface area contributed by atoms with Crippen molar-refractivity contribution in [2.75, 3.05) is 27.3 Å². The van der Waals surface area contributed by atoms with Crippen molar-refractivity contribution in [1.82, 2.24) is 9.88 Å². The molecule has 3 aromatic rings. The lowest BCUT2D eigenvalue weighted by Gasteiger charge is -2.32. The minimum absolute atomic E-state index is 0.0752. The maximum atomic E-state index is 13.4. The molecule has 2 aromatic carbocycles. The van der Waals surface area contributed by atoms with Crippen LogP contribution in [0.15, 0.2) is 42.6 Å². The number of nitrogens with one attached hydrogen (secondary N) is 1. The third-order valence-corrected chi connectivity index (χ3v) is 5.54. The van der Waals surface area contributed by atoms with E-state index in [0.717, 1.165) is 23.7 Å². The van der Waals surface area contributed by atoms with Crippen molar-refractivity contribution in [3.05, 3.63) is 59.5 Å². The van der Waals surface area contributed by atoms with Crippen molar-refractivity contribution in [3.63, 3.8) is 0 Å². The van der Waals surface area contributed by atoms with Gasteiger partial charge in [0.25, 0.3) is 5.91 Å². The van der Waals surface area contributed by atoms with Gasteiger partial charge in [-0.3, -0.25) is 4.79 Å². The van der Waals surface area contributed by atoms with Crippen LogP contribution in [0.4, 0.5) is 4.39 Å². The van der Waals surface area contributed by atoms with E-state index in [1.54, 1.807) is 32.4 Å². The van der Waals surface area contributed by atoms with E-state index in [2.05, 4.69) is 4.98 Å². The van der Waals surface area contributed by atoms with Gasteiger partial charge in [0.1, 0.15) is 22.9 Å². The Labute approximate surface area is 163 Å². The molecule has 1 fully saturated rings. The number of aromatic amines is 1. The topological polar surface area (TPSA) is 54.6 Å². The van der Waals surface area contributed by atoms with E-state index in [9.17, 15) is 9.18 Å². The fourth-order valence-electron chi connectivity index (χ4n) is 4.07. The van der Waals surface area contributed by atoms with Crippen LogP contribution in [0.3, 0.4) is 0 Å². The molecule has 1 N–H and O–H groups in total. The summed E-state index contributed by atoms with van der Waals surface area (Å²) in [6, 6.07) is 10.2. The molecule has 0 atom stereocenters. The van der Waals surface area contributed by atoms with Gasteiger partial charge in [-0.1, -0.05) is 6.07 Å². The van der Waals surface area contributed by atoms with E-state index in [0.29, 0.717) is 36.1 Å². The maximum Gasteiger partial charge on any atom is 0.261 e. The van der Waals surface area contributed by atoms with E-state index in [4.69, 9.17) is 9.47 Å². The number of hydrogen-bond acceptors (Lipinski definition) is 3. The molecule has 0 radical (unpaired) electrons. The molecule has 1 saturated heterocycles. The number of piperidine rings is 1. The lowest BCUT2D eigenvalue weighted by molar-refractivity contribution is 0.0706. The molecule has 0 saturated carbocycles. The van der Waals surface area contributed by atoms with Gasteiger partial charge in [0.15, 0.2) is 0 Å². The number of likely N-dealkylation sites (tertiary alicyclic amines) is 1. The van der Waals surface area contributed by atoms with Crippen molar-refractivity contribution in [2.24, 2.45) is 0 Å². The largest absolute Gasteiger partial charge is 0.496 e. The van der Waals surface area contributed by atoms with E-state index in [1.165, 1.54) is 17.7 Å². The Morgan fingerprint density at radius 1 is 1.11 bits per heavy atom. The van der Waals surface area contributed by atoms with Gasteiger partial charge in [0.2, 0.25) is 0 Å². The normalized spacial score (nSPS) is 15.0. The molecule has 1 amide bonds. The molecule has 5 nitrogen and oxygen atoms in total. The van der Waals surface area contributed by atoms with Gasteiger partial charge in [0, 0.05) is 30.2 Å². The lowest BCUT2D eigenvalue weighted by Crippen LogP contribution is -2.38. The van der Waals surface area contributed by atoms with Crippen LogP contribution in [-0.4, -0.2) is 43.1 Å². The average Bonchev–Trinajstić information content (AvgIpc) is 3.15. The van der Waals surface area contributed by atoms with E-state index >= 15 is 0 Å². The molecule has 0 spiro atoms. The van der Waals surface area contributed by atoms with E-state index in [-0.39, 0.29) is 11.7 Å². The SMILES string of the molecule is COc1cccc(OC)c1C(=O)N1CCC(c2c[nH]c3cc(F)ccc23)CC1. The Hall–Kier alpha value is -3.02. The first-order valence-electron chi connectivity index (χ1n) is 9.39. The molecule has 28 heavy (non-hydrogen) atoms. The second-order valence-corrected chi connectivity index (χ2v) is 7.04. The minimum Gasteiger partial charge on any atom is -0.496 e. The van der Waals surface area contributed by atoms with Crippen LogP contribution in [0.1, 0.15) is 34.7 Å². The number of carbonyl (C=O) groups is 1. The van der Waals surface area contributed by atoms with Crippen LogP contribution in [0.25, 0.3) is 10.9 Å². The first-order valence-corrected chi connectivity index (χ1v) is 9.39. The number of aromatic nitrogens is 1. The number of hydrogen-bond donors (Lipinski definition) is 1. The third kappa shape index (κ3) is 3.19. The minimum atomic E-state index is -0.243. The molecule has 1 aliphatic heterocycles. The monoisotopic (exact) mass is 382 g/mol. The Morgan fingerprint density at radius 2 is 1.79 bits per heavy atom. The summed E-state index contributed by atoms with van der Waals surface area (Å²) in [6.45, 7) is 1.30. The van der Waals surface area contributed by atoms with Crippen LogP contribution in [0.5, 0.6) is 11.5 Å². The standard InChI is InChI=1S/C22H23FN2O3/c1-27-19-4-3-5-20(28-2)21(19)22(26)25-10-8-14(9-11-25)17-13-24-18-12-15(23)6-7-16(17)18/h3-7,12-14,24H,8-11H2,1-2H3. The third-order valence-electron chi connectivity index (χ3n) is 5.54. The number of carbonyl (C=O) groups excluding carboxylic acids is 1. The number of halogens is 1. The quantitative estimate of drug-likeness (QED) is 0.730. The summed E-state index contributed by atoms with van der Waals surface area (Å²) >= 11 is 0. The van der Waals surface area contributed by atoms with E-state index < -0.39 is 0 Å². The zero-order valence-electron chi connectivity index (χ0n) is 16.0. The van der Waals surface area contributed by atoms with Gasteiger partial charge in [-0.25, -0.2) is 4.39 Å². The van der Waals surface area contributed by atoms with Gasteiger partial charge in [-0.05, 0) is 54.7 Å². The molecule has 0 unspecified atom stereocenters. The number of ether oxygens (including phenoxy) is 2. The van der Waals surface area contributed by atoms with Crippen molar-refractivity contribution in [3.8, 4) is 11.5 Å². The first-order chi connectivity index (χ1) is 13.6. The summed E-state index contributed by atoms with van der Waals surface area (Å²) in [7, 11) is 3.11. The Balaban J connectivity index is 1.52. The van der Waals surface area contributed by atoms with Crippen LogP contribution in [0.2, 0.25) is 0 Å².